The molecule has 1 saturated carbocycles. The van der Waals surface area contributed by atoms with Gasteiger partial charge in [-0.2, -0.15) is 10.4 Å². The first kappa shape index (κ1) is 9.07. The molecule has 0 bridgehead atoms. The molecule has 1 heterocycles. The first-order valence-corrected chi connectivity index (χ1v) is 4.98. The Labute approximate surface area is 83.3 Å². The lowest BCUT2D eigenvalue weighted by molar-refractivity contribution is 0.471. The SMILES string of the molecule is Cc1nn(C2CCCC2)c(N)c1C#N. The number of nitriles is 1. The number of rotatable bonds is 1. The highest BCUT2D eigenvalue weighted by Gasteiger charge is 2.22. The quantitative estimate of drug-likeness (QED) is 0.733. The van der Waals surface area contributed by atoms with E-state index < -0.39 is 0 Å². The van der Waals surface area contributed by atoms with Crippen LogP contribution in [0.15, 0.2) is 0 Å². The van der Waals surface area contributed by atoms with Gasteiger partial charge >= 0.3 is 0 Å². The van der Waals surface area contributed by atoms with Crippen LogP contribution in [0.25, 0.3) is 0 Å². The van der Waals surface area contributed by atoms with E-state index in [4.69, 9.17) is 11.0 Å². The number of anilines is 1. The zero-order valence-corrected chi connectivity index (χ0v) is 8.32. The first-order valence-electron chi connectivity index (χ1n) is 4.98. The lowest BCUT2D eigenvalue weighted by Gasteiger charge is -2.11. The van der Waals surface area contributed by atoms with Crippen LogP contribution < -0.4 is 5.73 Å². The van der Waals surface area contributed by atoms with Crippen LogP contribution in [-0.4, -0.2) is 9.78 Å². The molecule has 1 aromatic rings. The largest absolute Gasteiger partial charge is 0.383 e. The van der Waals surface area contributed by atoms with Crippen molar-refractivity contribution in [2.24, 2.45) is 0 Å². The predicted molar refractivity (Wildman–Crippen MR) is 53.6 cm³/mol. The minimum Gasteiger partial charge on any atom is -0.383 e. The van der Waals surface area contributed by atoms with Gasteiger partial charge in [-0.1, -0.05) is 12.8 Å². The molecule has 0 atom stereocenters. The molecule has 14 heavy (non-hydrogen) atoms. The average Bonchev–Trinajstić information content (AvgIpc) is 2.74. The summed E-state index contributed by atoms with van der Waals surface area (Å²) in [6.07, 6.45) is 4.75. The molecule has 0 radical (unpaired) electrons. The first-order chi connectivity index (χ1) is 6.74. The number of aromatic nitrogens is 2. The topological polar surface area (TPSA) is 67.6 Å². The number of hydrogen-bond donors (Lipinski definition) is 1. The maximum Gasteiger partial charge on any atom is 0.140 e. The molecule has 74 valence electrons. The van der Waals surface area contributed by atoms with E-state index in [-0.39, 0.29) is 0 Å². The summed E-state index contributed by atoms with van der Waals surface area (Å²) in [7, 11) is 0. The van der Waals surface area contributed by atoms with E-state index in [2.05, 4.69) is 11.2 Å². The number of nitrogen functional groups attached to an aromatic ring is 1. The number of aryl methyl sites for hydroxylation is 1. The molecule has 1 aromatic heterocycles. The minimum absolute atomic E-state index is 0.413. The summed E-state index contributed by atoms with van der Waals surface area (Å²) in [6, 6.07) is 2.51. The molecule has 4 heteroatoms. The van der Waals surface area contributed by atoms with E-state index in [1.807, 2.05) is 11.6 Å². The normalized spacial score (nSPS) is 17.1. The number of nitrogens with zero attached hydrogens (tertiary/aromatic N) is 3. The van der Waals surface area contributed by atoms with Gasteiger partial charge in [0.05, 0.1) is 11.7 Å². The summed E-state index contributed by atoms with van der Waals surface area (Å²) in [5, 5.41) is 13.2. The van der Waals surface area contributed by atoms with Gasteiger partial charge in [0.2, 0.25) is 0 Å². The van der Waals surface area contributed by atoms with Crippen LogP contribution in [0, 0.1) is 18.3 Å². The highest BCUT2D eigenvalue weighted by Crippen LogP contribution is 2.32. The Kier molecular flexibility index (Phi) is 2.16. The Balaban J connectivity index is 2.39. The van der Waals surface area contributed by atoms with Crippen LogP contribution in [0.3, 0.4) is 0 Å². The number of hydrogen-bond acceptors (Lipinski definition) is 3. The van der Waals surface area contributed by atoms with Crippen molar-refractivity contribution < 1.29 is 0 Å². The zero-order valence-electron chi connectivity index (χ0n) is 8.32. The maximum atomic E-state index is 8.87. The summed E-state index contributed by atoms with van der Waals surface area (Å²) in [6.45, 7) is 1.83. The van der Waals surface area contributed by atoms with Gasteiger partial charge in [-0.15, -0.1) is 0 Å². The van der Waals surface area contributed by atoms with Gasteiger partial charge in [0.25, 0.3) is 0 Å². The van der Waals surface area contributed by atoms with E-state index in [0.29, 0.717) is 17.4 Å². The van der Waals surface area contributed by atoms with Crippen LogP contribution in [0.4, 0.5) is 5.82 Å². The van der Waals surface area contributed by atoms with E-state index in [9.17, 15) is 0 Å². The van der Waals surface area contributed by atoms with Crippen LogP contribution in [0.5, 0.6) is 0 Å². The van der Waals surface area contributed by atoms with Crippen molar-refractivity contribution in [3.63, 3.8) is 0 Å². The fraction of sp³-hybridized carbons (Fsp3) is 0.600. The summed E-state index contributed by atoms with van der Waals surface area (Å²) in [5.74, 6) is 0.539. The molecule has 2 N–H and O–H groups in total. The van der Waals surface area contributed by atoms with Crippen molar-refractivity contribution in [1.82, 2.24) is 9.78 Å². The Morgan fingerprint density at radius 3 is 2.64 bits per heavy atom. The Morgan fingerprint density at radius 1 is 1.50 bits per heavy atom. The van der Waals surface area contributed by atoms with E-state index >= 15 is 0 Å². The average molecular weight is 190 g/mol. The Bertz CT molecular complexity index is 380. The predicted octanol–water partition coefficient (Wildman–Crippen LogP) is 1.76. The summed E-state index contributed by atoms with van der Waals surface area (Å²) < 4.78 is 1.83. The minimum atomic E-state index is 0.413. The highest BCUT2D eigenvalue weighted by molar-refractivity contribution is 5.51. The lowest BCUT2D eigenvalue weighted by atomic mass is 10.2. The molecule has 2 rings (SSSR count). The van der Waals surface area contributed by atoms with Gasteiger partial charge in [0, 0.05) is 0 Å². The molecule has 0 amide bonds. The summed E-state index contributed by atoms with van der Waals surface area (Å²) in [4.78, 5) is 0. The molecule has 0 aromatic carbocycles. The van der Waals surface area contributed by atoms with E-state index in [1.165, 1.54) is 12.8 Å². The molecule has 4 nitrogen and oxygen atoms in total. The molecule has 0 unspecified atom stereocenters. The van der Waals surface area contributed by atoms with Gasteiger partial charge in [0.15, 0.2) is 0 Å². The van der Waals surface area contributed by atoms with Crippen LogP contribution in [-0.2, 0) is 0 Å². The van der Waals surface area contributed by atoms with Crippen molar-refractivity contribution in [2.45, 2.75) is 38.6 Å². The third-order valence-electron chi connectivity index (χ3n) is 2.90. The molecule has 1 aliphatic rings. The van der Waals surface area contributed by atoms with E-state index in [0.717, 1.165) is 18.5 Å². The number of nitrogens with two attached hydrogens (primary N) is 1. The molecule has 1 aliphatic carbocycles. The smallest absolute Gasteiger partial charge is 0.140 e. The van der Waals surface area contributed by atoms with Crippen molar-refractivity contribution in [3.8, 4) is 6.07 Å². The molecular formula is C10H14N4. The Morgan fingerprint density at radius 2 is 2.14 bits per heavy atom. The molecule has 1 fully saturated rings. The van der Waals surface area contributed by atoms with Gasteiger partial charge in [-0.3, -0.25) is 0 Å². The second kappa shape index (κ2) is 3.33. The van der Waals surface area contributed by atoms with Crippen molar-refractivity contribution >= 4 is 5.82 Å². The molecule has 0 saturated heterocycles. The Hall–Kier alpha value is -1.50. The van der Waals surface area contributed by atoms with Gasteiger partial charge in [-0.05, 0) is 19.8 Å². The van der Waals surface area contributed by atoms with Crippen LogP contribution in [0.1, 0.15) is 43.0 Å². The molecule has 0 spiro atoms. The van der Waals surface area contributed by atoms with Crippen molar-refractivity contribution in [1.29, 1.82) is 5.26 Å². The van der Waals surface area contributed by atoms with Gasteiger partial charge < -0.3 is 5.73 Å². The monoisotopic (exact) mass is 190 g/mol. The van der Waals surface area contributed by atoms with Crippen molar-refractivity contribution in [3.05, 3.63) is 11.3 Å². The third-order valence-corrected chi connectivity index (χ3v) is 2.90. The summed E-state index contributed by atoms with van der Waals surface area (Å²) >= 11 is 0. The second-order valence-corrected chi connectivity index (χ2v) is 3.84. The van der Waals surface area contributed by atoms with Crippen LogP contribution in [0.2, 0.25) is 0 Å². The maximum absolute atomic E-state index is 8.87. The fourth-order valence-electron chi connectivity index (χ4n) is 2.13. The standard InChI is InChI=1S/C10H14N4/c1-7-9(6-11)10(12)14(13-7)8-4-2-3-5-8/h8H,2-5,12H2,1H3. The van der Waals surface area contributed by atoms with Gasteiger partial charge in [0.1, 0.15) is 17.5 Å². The fourth-order valence-corrected chi connectivity index (χ4v) is 2.13. The highest BCUT2D eigenvalue weighted by atomic mass is 15.3. The third kappa shape index (κ3) is 1.25. The summed E-state index contributed by atoms with van der Waals surface area (Å²) in [5.41, 5.74) is 7.16. The second-order valence-electron chi connectivity index (χ2n) is 3.84. The lowest BCUT2D eigenvalue weighted by Crippen LogP contribution is -2.10. The molecular weight excluding hydrogens is 176 g/mol. The van der Waals surface area contributed by atoms with E-state index in [1.54, 1.807) is 0 Å². The zero-order chi connectivity index (χ0) is 10.1. The van der Waals surface area contributed by atoms with Crippen molar-refractivity contribution in [2.75, 3.05) is 5.73 Å². The molecule has 0 aliphatic heterocycles. The van der Waals surface area contributed by atoms with Crippen LogP contribution >= 0.6 is 0 Å². The van der Waals surface area contributed by atoms with Gasteiger partial charge in [-0.25, -0.2) is 4.68 Å².